The molecule has 3 aromatic carbocycles. The van der Waals surface area contributed by atoms with Gasteiger partial charge in [0, 0.05) is 42.8 Å². The van der Waals surface area contributed by atoms with Crippen LogP contribution in [0, 0.1) is 18.3 Å². The lowest BCUT2D eigenvalue weighted by molar-refractivity contribution is 0.0683. The number of carboxylic acids is 1. The number of aromatic carboxylic acids is 1. The minimum Gasteiger partial charge on any atom is -0.475 e. The minimum atomic E-state index is -1.20. The first kappa shape index (κ1) is 28.0. The first-order valence-corrected chi connectivity index (χ1v) is 14.4. The number of aryl methyl sites for hydroxylation is 1. The minimum absolute atomic E-state index is 0.115. The van der Waals surface area contributed by atoms with E-state index in [0.717, 1.165) is 28.7 Å². The van der Waals surface area contributed by atoms with Crippen LogP contribution in [0.3, 0.4) is 0 Å². The maximum Gasteiger partial charge on any atom is 0.410 e. The Bertz CT molecular complexity index is 1720. The van der Waals surface area contributed by atoms with Gasteiger partial charge in [-0.2, -0.15) is 5.26 Å². The molecule has 10 nitrogen and oxygen atoms in total. The molecule has 1 amide bonds. The molecule has 218 valence electrons. The lowest BCUT2D eigenvalue weighted by atomic mass is 9.99. The Labute approximate surface area is 249 Å². The summed E-state index contributed by atoms with van der Waals surface area (Å²) in [7, 11) is 0. The van der Waals surface area contributed by atoms with Crippen molar-refractivity contribution in [3.8, 4) is 6.07 Å². The van der Waals surface area contributed by atoms with Crippen LogP contribution in [0.5, 0.6) is 0 Å². The number of carbonyl (C=O) groups is 2. The Morgan fingerprint density at radius 2 is 1.79 bits per heavy atom. The molecule has 1 aromatic heterocycles. The summed E-state index contributed by atoms with van der Waals surface area (Å²) in [6.07, 6.45) is 0.278. The summed E-state index contributed by atoms with van der Waals surface area (Å²) in [4.78, 5) is 40.0. The molecule has 0 aliphatic carbocycles. The van der Waals surface area contributed by atoms with E-state index in [1.165, 1.54) is 10.9 Å². The number of nitrogens with zero attached hydrogens (tertiary/aromatic N) is 6. The number of ether oxygens (including phenoxy) is 1. The molecule has 0 unspecified atom stereocenters. The number of benzene rings is 3. The molecular weight excluding hydrogens is 544 g/mol. The lowest BCUT2D eigenvalue weighted by Gasteiger charge is -2.42. The highest BCUT2D eigenvalue weighted by Crippen LogP contribution is 2.35. The number of hydrogen-bond donors (Lipinski definition) is 1. The van der Waals surface area contributed by atoms with Crippen molar-refractivity contribution in [2.45, 2.75) is 39.0 Å². The smallest absolute Gasteiger partial charge is 0.410 e. The van der Waals surface area contributed by atoms with Gasteiger partial charge in [-0.3, -0.25) is 0 Å². The van der Waals surface area contributed by atoms with Gasteiger partial charge in [-0.05, 0) is 35.9 Å². The zero-order chi connectivity index (χ0) is 29.9. The zero-order valence-electron chi connectivity index (χ0n) is 23.9. The fourth-order valence-corrected chi connectivity index (χ4v) is 6.11. The number of piperazine rings is 1. The van der Waals surface area contributed by atoms with E-state index in [9.17, 15) is 20.0 Å². The van der Waals surface area contributed by atoms with Gasteiger partial charge < -0.3 is 24.5 Å². The largest absolute Gasteiger partial charge is 0.475 e. The number of fused-ring (bicyclic) bond motifs is 2. The molecule has 0 spiro atoms. The molecule has 1 N–H and O–H groups in total. The normalized spacial score (nSPS) is 16.5. The van der Waals surface area contributed by atoms with Gasteiger partial charge in [-0.15, -0.1) is 0 Å². The molecule has 0 radical (unpaired) electrons. The van der Waals surface area contributed by atoms with E-state index in [0.29, 0.717) is 44.1 Å². The predicted molar refractivity (Wildman–Crippen MR) is 162 cm³/mol. The van der Waals surface area contributed by atoms with Crippen molar-refractivity contribution in [2.75, 3.05) is 36.0 Å². The highest BCUT2D eigenvalue weighted by molar-refractivity contribution is 5.97. The molecule has 2 aliphatic rings. The van der Waals surface area contributed by atoms with Gasteiger partial charge in [-0.25, -0.2) is 19.6 Å². The highest BCUT2D eigenvalue weighted by atomic mass is 16.6. The zero-order valence-corrected chi connectivity index (χ0v) is 23.9. The third kappa shape index (κ3) is 5.66. The molecule has 0 saturated carbocycles. The van der Waals surface area contributed by atoms with Crippen molar-refractivity contribution in [1.29, 1.82) is 5.26 Å². The van der Waals surface area contributed by atoms with Gasteiger partial charge >= 0.3 is 12.1 Å². The number of nitriles is 1. The monoisotopic (exact) mass is 576 g/mol. The van der Waals surface area contributed by atoms with Crippen molar-refractivity contribution < 1.29 is 19.4 Å². The highest BCUT2D eigenvalue weighted by Gasteiger charge is 2.35. The van der Waals surface area contributed by atoms with E-state index in [1.807, 2.05) is 47.4 Å². The summed E-state index contributed by atoms with van der Waals surface area (Å²) in [6, 6.07) is 23.7. The number of aromatic nitrogens is 2. The van der Waals surface area contributed by atoms with Gasteiger partial charge in [0.15, 0.2) is 0 Å². The molecular formula is C33H32N6O4. The van der Waals surface area contributed by atoms with Gasteiger partial charge in [0.2, 0.25) is 5.82 Å². The molecule has 0 bridgehead atoms. The maximum atomic E-state index is 13.0. The van der Waals surface area contributed by atoms with Crippen LogP contribution in [-0.2, 0) is 24.3 Å². The lowest BCUT2D eigenvalue weighted by Crippen LogP contribution is -2.56. The molecule has 1 fully saturated rings. The van der Waals surface area contributed by atoms with Crippen LogP contribution >= 0.6 is 0 Å². The van der Waals surface area contributed by atoms with Crippen LogP contribution in [0.1, 0.15) is 39.4 Å². The van der Waals surface area contributed by atoms with E-state index < -0.39 is 18.1 Å². The fourth-order valence-electron chi connectivity index (χ4n) is 6.11. The van der Waals surface area contributed by atoms with Crippen LogP contribution in [0.2, 0.25) is 0 Å². The van der Waals surface area contributed by atoms with Gasteiger partial charge in [0.1, 0.15) is 12.4 Å². The number of carbonyl (C=O) groups excluding carboxylic acids is 1. The van der Waals surface area contributed by atoms with E-state index in [-0.39, 0.29) is 18.9 Å². The molecule has 3 heterocycles. The van der Waals surface area contributed by atoms with Crippen molar-refractivity contribution in [1.82, 2.24) is 14.9 Å². The summed E-state index contributed by atoms with van der Waals surface area (Å²) in [5.74, 6) is -0.887. The molecule has 10 heteroatoms. The summed E-state index contributed by atoms with van der Waals surface area (Å²) in [5, 5.41) is 21.8. The fraction of sp³-hybridized carbons (Fsp3) is 0.303. The number of rotatable bonds is 6. The second-order valence-electron chi connectivity index (χ2n) is 10.9. The molecule has 1 saturated heterocycles. The Hall–Kier alpha value is -5.17. The van der Waals surface area contributed by atoms with E-state index in [2.05, 4.69) is 52.1 Å². The average Bonchev–Trinajstić information content (AvgIpc) is 3.03. The molecule has 4 aromatic rings. The van der Waals surface area contributed by atoms with Crippen molar-refractivity contribution >= 4 is 34.3 Å². The number of amides is 1. The first-order chi connectivity index (χ1) is 20.9. The Kier molecular flexibility index (Phi) is 7.79. The van der Waals surface area contributed by atoms with Crippen LogP contribution in [-0.4, -0.2) is 64.3 Å². The second-order valence-corrected chi connectivity index (χ2v) is 10.9. The average molecular weight is 577 g/mol. The van der Waals surface area contributed by atoms with E-state index in [4.69, 9.17) is 4.74 Å². The van der Waals surface area contributed by atoms with Crippen LogP contribution < -0.4 is 9.80 Å². The third-order valence-corrected chi connectivity index (χ3v) is 8.22. The predicted octanol–water partition coefficient (Wildman–Crippen LogP) is 4.94. The molecule has 6 rings (SSSR count). The van der Waals surface area contributed by atoms with Gasteiger partial charge in [-0.1, -0.05) is 60.7 Å². The summed E-state index contributed by atoms with van der Waals surface area (Å²) in [6.45, 7) is 4.50. The Balaban J connectivity index is 1.26. The molecule has 2 aliphatic heterocycles. The third-order valence-electron chi connectivity index (χ3n) is 8.22. The van der Waals surface area contributed by atoms with Crippen LogP contribution in [0.4, 0.5) is 16.3 Å². The number of anilines is 2. The molecule has 1 atom stereocenters. The second kappa shape index (κ2) is 12.0. The topological polar surface area (TPSA) is 123 Å². The van der Waals surface area contributed by atoms with Crippen molar-refractivity contribution in [3.05, 3.63) is 94.9 Å². The van der Waals surface area contributed by atoms with Crippen LogP contribution in [0.15, 0.2) is 66.7 Å². The molecule has 43 heavy (non-hydrogen) atoms. The standard InChI is InChI=1S/C33H32N6O4/c1-22-7-5-10-24-11-6-12-28(29(22)24)37-16-14-26-27(20-37)35-30(32(40)41)36-31(26)38-17-18-39(25(19-38)13-15-34)33(42)43-21-23-8-3-2-4-9-23/h2-12,25H,13-14,16-21H2,1H3,(H,40,41)/t25-/m0/s1. The summed E-state index contributed by atoms with van der Waals surface area (Å²) >= 11 is 0. The summed E-state index contributed by atoms with van der Waals surface area (Å²) in [5.41, 5.74) is 4.75. The number of hydrogen-bond acceptors (Lipinski definition) is 8. The quantitative estimate of drug-likeness (QED) is 0.340. The SMILES string of the molecule is Cc1cccc2cccc(N3CCc4c(nc(C(=O)O)nc4N4CCN(C(=O)OCc5ccccc5)[C@@H](CC#N)C4)C3)c12. The maximum absolute atomic E-state index is 13.0. The van der Waals surface area contributed by atoms with Gasteiger partial charge in [0.05, 0.1) is 30.8 Å². The van der Waals surface area contributed by atoms with Crippen molar-refractivity contribution in [3.63, 3.8) is 0 Å². The van der Waals surface area contributed by atoms with Crippen LogP contribution in [0.25, 0.3) is 10.8 Å². The van der Waals surface area contributed by atoms with E-state index >= 15 is 0 Å². The number of carboxylic acid groups (broad SMARTS) is 1. The summed E-state index contributed by atoms with van der Waals surface area (Å²) < 4.78 is 5.57. The first-order valence-electron chi connectivity index (χ1n) is 14.4. The van der Waals surface area contributed by atoms with Gasteiger partial charge in [0.25, 0.3) is 0 Å². The Morgan fingerprint density at radius 3 is 2.56 bits per heavy atom. The van der Waals surface area contributed by atoms with E-state index in [1.54, 1.807) is 4.90 Å². The Morgan fingerprint density at radius 1 is 1.00 bits per heavy atom. The van der Waals surface area contributed by atoms with Crippen molar-refractivity contribution in [2.24, 2.45) is 0 Å².